The van der Waals surface area contributed by atoms with E-state index in [1.807, 2.05) is 0 Å². The van der Waals surface area contributed by atoms with E-state index in [1.165, 1.54) is 199 Å². The summed E-state index contributed by atoms with van der Waals surface area (Å²) in [5.74, 6) is -0.857. The number of hydrogen-bond donors (Lipinski definition) is 0. The molecule has 0 saturated carbocycles. The van der Waals surface area contributed by atoms with E-state index >= 15 is 0 Å². The number of carbonyl (C=O) groups excluding carboxylic acids is 3. The van der Waals surface area contributed by atoms with E-state index in [0.29, 0.717) is 19.3 Å². The largest absolute Gasteiger partial charge is 0.462 e. The van der Waals surface area contributed by atoms with Gasteiger partial charge < -0.3 is 14.2 Å². The van der Waals surface area contributed by atoms with E-state index in [2.05, 4.69) is 32.9 Å². The predicted octanol–water partition coefficient (Wildman–Crippen LogP) is 17.8. The Kier molecular flexibility index (Phi) is 49.3. The van der Waals surface area contributed by atoms with Crippen molar-refractivity contribution < 1.29 is 28.6 Å². The van der Waals surface area contributed by atoms with Crippen LogP contribution in [0.1, 0.15) is 303 Å². The molecule has 0 spiro atoms. The van der Waals surface area contributed by atoms with Crippen LogP contribution in [0.4, 0.5) is 0 Å². The molecule has 61 heavy (non-hydrogen) atoms. The molecule has 0 unspecified atom stereocenters. The molecular formula is C55H104O6. The van der Waals surface area contributed by atoms with E-state index in [4.69, 9.17) is 14.2 Å². The number of esters is 3. The SMILES string of the molecule is CCCCCCCCC/C=C\CCCCCCCC(=O)OC[C@@H](COC(=O)CCCCCCCCCCCCC)OC(=O)CCCCCCCCCCCCCCCCCC. The summed E-state index contributed by atoms with van der Waals surface area (Å²) in [6.45, 7) is 6.67. The summed E-state index contributed by atoms with van der Waals surface area (Å²) in [6, 6.07) is 0. The van der Waals surface area contributed by atoms with Gasteiger partial charge >= 0.3 is 17.9 Å². The topological polar surface area (TPSA) is 78.9 Å². The quantitative estimate of drug-likeness (QED) is 0.0262. The van der Waals surface area contributed by atoms with Gasteiger partial charge in [0, 0.05) is 19.3 Å². The van der Waals surface area contributed by atoms with Crippen molar-refractivity contribution in [1.82, 2.24) is 0 Å². The maximum atomic E-state index is 12.8. The molecule has 0 rings (SSSR count). The predicted molar refractivity (Wildman–Crippen MR) is 261 cm³/mol. The number of hydrogen-bond acceptors (Lipinski definition) is 6. The Morgan fingerprint density at radius 1 is 0.311 bits per heavy atom. The Balaban J connectivity index is 4.31. The van der Waals surface area contributed by atoms with Gasteiger partial charge in [-0.25, -0.2) is 0 Å². The molecule has 0 bridgehead atoms. The summed E-state index contributed by atoms with van der Waals surface area (Å²) in [5.41, 5.74) is 0. The molecule has 0 fully saturated rings. The van der Waals surface area contributed by atoms with E-state index in [0.717, 1.165) is 64.2 Å². The fraction of sp³-hybridized carbons (Fsp3) is 0.909. The fourth-order valence-electron chi connectivity index (χ4n) is 8.14. The second kappa shape index (κ2) is 50.8. The monoisotopic (exact) mass is 861 g/mol. The van der Waals surface area contributed by atoms with E-state index < -0.39 is 6.10 Å². The summed E-state index contributed by atoms with van der Waals surface area (Å²) in [6.07, 6.45) is 56.2. The number of carbonyl (C=O) groups is 3. The molecule has 0 aliphatic heterocycles. The molecule has 0 aromatic heterocycles. The molecule has 1 atom stereocenters. The van der Waals surface area contributed by atoms with Crippen LogP contribution in [0, 0.1) is 0 Å². The van der Waals surface area contributed by atoms with Gasteiger partial charge in [-0.05, 0) is 44.9 Å². The number of ether oxygens (including phenoxy) is 3. The van der Waals surface area contributed by atoms with Crippen molar-refractivity contribution in [3.63, 3.8) is 0 Å². The van der Waals surface area contributed by atoms with Crippen molar-refractivity contribution >= 4 is 17.9 Å². The summed E-state index contributed by atoms with van der Waals surface area (Å²) in [5, 5.41) is 0. The van der Waals surface area contributed by atoms with E-state index in [9.17, 15) is 14.4 Å². The average Bonchev–Trinajstić information content (AvgIpc) is 3.26. The van der Waals surface area contributed by atoms with Crippen molar-refractivity contribution in [1.29, 1.82) is 0 Å². The van der Waals surface area contributed by atoms with Crippen LogP contribution in [0.2, 0.25) is 0 Å². The molecule has 0 amide bonds. The van der Waals surface area contributed by atoms with Gasteiger partial charge in [0.15, 0.2) is 6.10 Å². The van der Waals surface area contributed by atoms with Crippen LogP contribution in [0.25, 0.3) is 0 Å². The minimum Gasteiger partial charge on any atom is -0.462 e. The van der Waals surface area contributed by atoms with E-state index in [1.54, 1.807) is 0 Å². The summed E-state index contributed by atoms with van der Waals surface area (Å²) >= 11 is 0. The van der Waals surface area contributed by atoms with Crippen molar-refractivity contribution in [2.24, 2.45) is 0 Å². The minimum atomic E-state index is -0.766. The normalized spacial score (nSPS) is 12.0. The van der Waals surface area contributed by atoms with Crippen molar-refractivity contribution in [3.05, 3.63) is 12.2 Å². The minimum absolute atomic E-state index is 0.0671. The molecule has 360 valence electrons. The molecule has 0 aliphatic carbocycles. The molecule has 6 nitrogen and oxygen atoms in total. The zero-order valence-electron chi connectivity index (χ0n) is 41.2. The van der Waals surface area contributed by atoms with Gasteiger partial charge in [0.25, 0.3) is 0 Å². The first-order chi connectivity index (χ1) is 30.0. The van der Waals surface area contributed by atoms with Crippen LogP contribution in [-0.4, -0.2) is 37.2 Å². The van der Waals surface area contributed by atoms with Crippen LogP contribution >= 0.6 is 0 Å². The van der Waals surface area contributed by atoms with Crippen LogP contribution in [0.15, 0.2) is 12.2 Å². The Morgan fingerprint density at radius 2 is 0.541 bits per heavy atom. The summed E-state index contributed by atoms with van der Waals surface area (Å²) in [7, 11) is 0. The maximum absolute atomic E-state index is 12.8. The molecule has 0 saturated heterocycles. The smallest absolute Gasteiger partial charge is 0.306 e. The molecular weight excluding hydrogens is 757 g/mol. The molecule has 0 aliphatic rings. The molecule has 0 aromatic rings. The van der Waals surface area contributed by atoms with Crippen molar-refractivity contribution in [2.75, 3.05) is 13.2 Å². The van der Waals surface area contributed by atoms with Gasteiger partial charge in [-0.3, -0.25) is 14.4 Å². The van der Waals surface area contributed by atoms with Crippen LogP contribution < -0.4 is 0 Å². The highest BCUT2D eigenvalue weighted by Crippen LogP contribution is 2.16. The highest BCUT2D eigenvalue weighted by Gasteiger charge is 2.19. The first-order valence-corrected chi connectivity index (χ1v) is 27.2. The first-order valence-electron chi connectivity index (χ1n) is 27.2. The molecule has 0 aromatic carbocycles. The zero-order valence-corrected chi connectivity index (χ0v) is 41.2. The Bertz CT molecular complexity index is 947. The van der Waals surface area contributed by atoms with Crippen molar-refractivity contribution in [2.45, 2.75) is 309 Å². The van der Waals surface area contributed by atoms with E-state index in [-0.39, 0.29) is 31.1 Å². The summed E-state index contributed by atoms with van der Waals surface area (Å²) < 4.78 is 16.8. The third-order valence-corrected chi connectivity index (χ3v) is 12.3. The second-order valence-corrected chi connectivity index (χ2v) is 18.5. The lowest BCUT2D eigenvalue weighted by Crippen LogP contribution is -2.30. The Morgan fingerprint density at radius 3 is 0.820 bits per heavy atom. The van der Waals surface area contributed by atoms with Crippen LogP contribution in [-0.2, 0) is 28.6 Å². The van der Waals surface area contributed by atoms with Crippen LogP contribution in [0.3, 0.4) is 0 Å². The van der Waals surface area contributed by atoms with Gasteiger partial charge in [-0.1, -0.05) is 251 Å². The Hall–Kier alpha value is -1.85. The van der Waals surface area contributed by atoms with Gasteiger partial charge in [-0.2, -0.15) is 0 Å². The van der Waals surface area contributed by atoms with Gasteiger partial charge in [0.05, 0.1) is 0 Å². The number of rotatable bonds is 50. The summed E-state index contributed by atoms with van der Waals surface area (Å²) in [4.78, 5) is 38.0. The zero-order chi connectivity index (χ0) is 44.4. The van der Waals surface area contributed by atoms with Gasteiger partial charge in [-0.15, -0.1) is 0 Å². The molecule has 0 N–H and O–H groups in total. The highest BCUT2D eigenvalue weighted by atomic mass is 16.6. The number of allylic oxidation sites excluding steroid dienone is 2. The maximum Gasteiger partial charge on any atom is 0.306 e. The standard InChI is InChI=1S/C55H104O6/c1-4-7-10-13-16-19-22-24-26-28-30-33-36-39-42-45-48-54(57)60-51-52(50-59-53(56)47-44-41-38-35-32-21-18-15-12-9-6-3)61-55(58)49-46-43-40-37-34-31-29-27-25-23-20-17-14-11-8-5-2/h26,28,52H,4-25,27,29-51H2,1-3H3/b28-26-/t52-/m1/s1. The lowest BCUT2D eigenvalue weighted by atomic mass is 10.0. The van der Waals surface area contributed by atoms with Gasteiger partial charge in [0.1, 0.15) is 13.2 Å². The Labute approximate surface area is 380 Å². The highest BCUT2D eigenvalue weighted by molar-refractivity contribution is 5.71. The second-order valence-electron chi connectivity index (χ2n) is 18.5. The van der Waals surface area contributed by atoms with Crippen LogP contribution in [0.5, 0.6) is 0 Å². The molecule has 0 heterocycles. The fourth-order valence-corrected chi connectivity index (χ4v) is 8.14. The lowest BCUT2D eigenvalue weighted by molar-refractivity contribution is -0.167. The number of unbranched alkanes of at least 4 members (excludes halogenated alkanes) is 37. The first kappa shape index (κ1) is 59.1. The molecule has 0 radical (unpaired) electrons. The molecule has 6 heteroatoms. The van der Waals surface area contributed by atoms with Crippen molar-refractivity contribution in [3.8, 4) is 0 Å². The third-order valence-electron chi connectivity index (χ3n) is 12.3. The average molecular weight is 861 g/mol. The van der Waals surface area contributed by atoms with Gasteiger partial charge in [0.2, 0.25) is 0 Å². The third kappa shape index (κ3) is 49.0. The lowest BCUT2D eigenvalue weighted by Gasteiger charge is -2.18.